The van der Waals surface area contributed by atoms with Crippen molar-refractivity contribution in [3.63, 3.8) is 0 Å². The van der Waals surface area contributed by atoms with Gasteiger partial charge in [-0.1, -0.05) is 59.6 Å². The summed E-state index contributed by atoms with van der Waals surface area (Å²) in [5.74, 6) is 0.332. The Balaban J connectivity index is 1.52. The second-order valence-corrected chi connectivity index (χ2v) is 8.49. The summed E-state index contributed by atoms with van der Waals surface area (Å²) in [6.45, 7) is 0.468. The first-order chi connectivity index (χ1) is 16.6. The van der Waals surface area contributed by atoms with Crippen LogP contribution in [0.1, 0.15) is 22.6 Å². The van der Waals surface area contributed by atoms with Crippen LogP contribution in [-0.2, 0) is 6.61 Å². The van der Waals surface area contributed by atoms with Crippen molar-refractivity contribution in [3.05, 3.63) is 111 Å². The number of aromatic nitrogens is 2. The van der Waals surface area contributed by atoms with Crippen molar-refractivity contribution in [1.29, 1.82) is 5.26 Å². The zero-order chi connectivity index (χ0) is 23.7. The van der Waals surface area contributed by atoms with Crippen molar-refractivity contribution in [3.8, 4) is 29.0 Å². The van der Waals surface area contributed by atoms with Crippen molar-refractivity contribution >= 4 is 23.2 Å². The number of fused-ring (bicyclic) bond motifs is 1. The maximum Gasteiger partial charge on any atom is 0.244 e. The summed E-state index contributed by atoms with van der Waals surface area (Å²) in [7, 11) is 0. The minimum absolute atomic E-state index is 0.0290. The van der Waals surface area contributed by atoms with Gasteiger partial charge in [0, 0.05) is 21.2 Å². The number of nitriles is 1. The van der Waals surface area contributed by atoms with E-state index >= 15 is 0 Å². The molecule has 1 atom stereocenters. The van der Waals surface area contributed by atoms with Gasteiger partial charge < -0.3 is 15.2 Å². The second-order valence-electron chi connectivity index (χ2n) is 7.68. The van der Waals surface area contributed by atoms with Crippen molar-refractivity contribution in [1.82, 2.24) is 10.2 Å². The first-order valence-electron chi connectivity index (χ1n) is 10.4. The van der Waals surface area contributed by atoms with Gasteiger partial charge >= 0.3 is 0 Å². The zero-order valence-electron chi connectivity index (χ0n) is 17.8. The van der Waals surface area contributed by atoms with Gasteiger partial charge in [-0.15, -0.1) is 5.10 Å². The van der Waals surface area contributed by atoms with Crippen LogP contribution in [0.5, 0.6) is 11.6 Å². The number of benzene rings is 3. The molecule has 4 aromatic rings. The average Bonchev–Trinajstić information content (AvgIpc) is 3.27. The summed E-state index contributed by atoms with van der Waals surface area (Å²) in [5, 5.41) is 18.0. The third-order valence-corrected chi connectivity index (χ3v) is 6.28. The monoisotopic (exact) mass is 488 g/mol. The lowest BCUT2D eigenvalue weighted by Gasteiger charge is -2.25. The van der Waals surface area contributed by atoms with E-state index in [1.165, 1.54) is 0 Å². The molecule has 1 aromatic heterocycles. The number of nitrogens with two attached hydrogens (primary N) is 1. The van der Waals surface area contributed by atoms with Crippen LogP contribution in [0.15, 0.2) is 84.3 Å². The molecule has 0 saturated carbocycles. The highest BCUT2D eigenvalue weighted by Crippen LogP contribution is 2.49. The van der Waals surface area contributed by atoms with Crippen molar-refractivity contribution in [2.45, 2.75) is 12.5 Å². The summed E-state index contributed by atoms with van der Waals surface area (Å²) in [4.78, 5) is 0. The number of nitrogens with zero attached hydrogens (tertiary/aromatic N) is 2. The molecule has 2 heterocycles. The minimum Gasteiger partial charge on any atom is -0.489 e. The van der Waals surface area contributed by atoms with Gasteiger partial charge in [0.25, 0.3) is 0 Å². The zero-order valence-corrected chi connectivity index (χ0v) is 19.3. The summed E-state index contributed by atoms with van der Waals surface area (Å²) >= 11 is 13.1. The Morgan fingerprint density at radius 2 is 1.68 bits per heavy atom. The highest BCUT2D eigenvalue weighted by atomic mass is 35.5. The van der Waals surface area contributed by atoms with Gasteiger partial charge in [-0.25, -0.2) is 0 Å². The molecule has 34 heavy (non-hydrogen) atoms. The van der Waals surface area contributed by atoms with Crippen LogP contribution in [-0.4, -0.2) is 10.2 Å². The van der Waals surface area contributed by atoms with Crippen LogP contribution in [0.4, 0.5) is 0 Å². The largest absolute Gasteiger partial charge is 0.489 e. The lowest BCUT2D eigenvalue weighted by Crippen LogP contribution is -2.21. The molecule has 1 aliphatic rings. The Labute approximate surface area is 206 Å². The maximum absolute atomic E-state index is 9.89. The molecule has 0 fully saturated rings. The first-order valence-corrected chi connectivity index (χ1v) is 11.2. The van der Waals surface area contributed by atoms with E-state index in [0.717, 1.165) is 16.9 Å². The SMILES string of the molecule is N#CC1=C(N)Oc2n[nH]c(-c3ccc(OCc4ccccc4)cc3)c2C1c1c(Cl)cccc1Cl. The fourth-order valence-electron chi connectivity index (χ4n) is 4.00. The lowest BCUT2D eigenvalue weighted by molar-refractivity contribution is 0.306. The molecule has 8 heteroatoms. The molecule has 0 amide bonds. The molecular formula is C26H18Cl2N4O2. The van der Waals surface area contributed by atoms with E-state index < -0.39 is 5.92 Å². The summed E-state index contributed by atoms with van der Waals surface area (Å²) in [6.07, 6.45) is 0. The summed E-state index contributed by atoms with van der Waals surface area (Å²) in [5.41, 5.74) is 10.1. The number of halogens is 2. The third kappa shape index (κ3) is 3.96. The average molecular weight is 489 g/mol. The molecule has 168 valence electrons. The van der Waals surface area contributed by atoms with Gasteiger partial charge in [-0.3, -0.25) is 5.10 Å². The Morgan fingerprint density at radius 1 is 0.971 bits per heavy atom. The van der Waals surface area contributed by atoms with Crippen molar-refractivity contribution in [2.24, 2.45) is 5.73 Å². The number of allylic oxidation sites excluding steroid dienone is 1. The van der Waals surface area contributed by atoms with E-state index in [9.17, 15) is 5.26 Å². The van der Waals surface area contributed by atoms with Gasteiger partial charge in [0.1, 0.15) is 24.0 Å². The number of rotatable bonds is 5. The van der Waals surface area contributed by atoms with Crippen LogP contribution in [0.2, 0.25) is 10.0 Å². The predicted octanol–water partition coefficient (Wildman–Crippen LogP) is 6.18. The van der Waals surface area contributed by atoms with Crippen LogP contribution in [0.25, 0.3) is 11.3 Å². The van der Waals surface area contributed by atoms with Crippen molar-refractivity contribution in [2.75, 3.05) is 0 Å². The van der Waals surface area contributed by atoms with Gasteiger partial charge in [-0.2, -0.15) is 5.26 Å². The normalized spacial score (nSPS) is 14.8. The van der Waals surface area contributed by atoms with Crippen molar-refractivity contribution < 1.29 is 9.47 Å². The fourth-order valence-corrected chi connectivity index (χ4v) is 4.61. The Hall–Kier alpha value is -3.92. The van der Waals surface area contributed by atoms with Crippen LogP contribution < -0.4 is 15.2 Å². The molecule has 3 N–H and O–H groups in total. The molecule has 0 spiro atoms. The molecule has 0 aliphatic carbocycles. The number of nitrogens with one attached hydrogen (secondary N) is 1. The van der Waals surface area contributed by atoms with E-state index in [-0.39, 0.29) is 17.3 Å². The van der Waals surface area contributed by atoms with Crippen LogP contribution in [0, 0.1) is 11.3 Å². The van der Waals surface area contributed by atoms with Gasteiger partial charge in [0.05, 0.1) is 17.2 Å². The Kier molecular flexibility index (Phi) is 5.89. The van der Waals surface area contributed by atoms with Gasteiger partial charge in [0.2, 0.25) is 11.8 Å². The molecule has 0 saturated heterocycles. The van der Waals surface area contributed by atoms with Crippen LogP contribution in [0.3, 0.4) is 0 Å². The number of hydrogen-bond donors (Lipinski definition) is 2. The summed E-state index contributed by atoms with van der Waals surface area (Å²) in [6, 6.07) is 24.9. The number of H-pyrrole nitrogens is 1. The molecule has 0 bridgehead atoms. The van der Waals surface area contributed by atoms with E-state index in [4.69, 9.17) is 38.4 Å². The molecule has 3 aromatic carbocycles. The van der Waals surface area contributed by atoms with E-state index in [1.807, 2.05) is 54.6 Å². The second kappa shape index (κ2) is 9.14. The molecule has 1 aliphatic heterocycles. The topological polar surface area (TPSA) is 97.0 Å². The Morgan fingerprint density at radius 3 is 2.35 bits per heavy atom. The molecule has 6 nitrogen and oxygen atoms in total. The van der Waals surface area contributed by atoms with Gasteiger partial charge in [0.15, 0.2) is 0 Å². The summed E-state index contributed by atoms with van der Waals surface area (Å²) < 4.78 is 11.6. The quantitative estimate of drug-likeness (QED) is 0.349. The fraction of sp³-hybridized carbons (Fsp3) is 0.0769. The standard InChI is InChI=1S/C26H18Cl2N4O2/c27-19-7-4-8-20(28)22(19)21-18(13-29)25(30)34-26-23(21)24(31-32-26)16-9-11-17(12-10-16)33-14-15-5-2-1-3-6-15/h1-12,21H,14,30H2,(H,31,32). The third-order valence-electron chi connectivity index (χ3n) is 5.62. The highest BCUT2D eigenvalue weighted by Gasteiger charge is 2.37. The maximum atomic E-state index is 9.89. The number of aromatic amines is 1. The lowest BCUT2D eigenvalue weighted by atomic mass is 9.83. The highest BCUT2D eigenvalue weighted by molar-refractivity contribution is 6.36. The minimum atomic E-state index is -0.641. The molecule has 5 rings (SSSR count). The number of hydrogen-bond acceptors (Lipinski definition) is 5. The van der Waals surface area contributed by atoms with E-state index in [1.54, 1.807) is 18.2 Å². The number of ether oxygens (including phenoxy) is 2. The van der Waals surface area contributed by atoms with E-state index in [2.05, 4.69) is 16.3 Å². The first kappa shape index (κ1) is 21.9. The molecule has 1 unspecified atom stereocenters. The van der Waals surface area contributed by atoms with E-state index in [0.29, 0.717) is 33.5 Å². The molecular weight excluding hydrogens is 471 g/mol. The van der Waals surface area contributed by atoms with Crippen LogP contribution >= 0.6 is 23.2 Å². The molecule has 0 radical (unpaired) electrons. The smallest absolute Gasteiger partial charge is 0.244 e. The predicted molar refractivity (Wildman–Crippen MR) is 131 cm³/mol. The Bertz CT molecular complexity index is 1400. The van der Waals surface area contributed by atoms with Gasteiger partial charge in [-0.05, 0) is 42.0 Å².